The molecule has 0 amide bonds. The molecule has 84 valence electrons. The van der Waals surface area contributed by atoms with Gasteiger partial charge in [-0.25, -0.2) is 9.97 Å². The van der Waals surface area contributed by atoms with Gasteiger partial charge in [0.15, 0.2) is 5.16 Å². The van der Waals surface area contributed by atoms with Crippen molar-refractivity contribution in [3.05, 3.63) is 18.5 Å². The van der Waals surface area contributed by atoms with Gasteiger partial charge in [0, 0.05) is 30.2 Å². The maximum atomic E-state index is 4.16. The highest BCUT2D eigenvalue weighted by atomic mass is 32.2. The summed E-state index contributed by atoms with van der Waals surface area (Å²) in [5.74, 6) is 1.01. The molecular formula is C11H19N3S. The first-order chi connectivity index (χ1) is 7.14. The van der Waals surface area contributed by atoms with E-state index in [1.807, 2.05) is 6.07 Å². The molecule has 0 saturated heterocycles. The van der Waals surface area contributed by atoms with Crippen LogP contribution in [0, 0.1) is 0 Å². The molecule has 4 heteroatoms. The third kappa shape index (κ3) is 5.14. The molecule has 0 aliphatic carbocycles. The molecule has 0 saturated carbocycles. The molecule has 0 unspecified atom stereocenters. The Bertz CT molecular complexity index is 274. The largest absolute Gasteiger partial charge is 0.311 e. The van der Waals surface area contributed by atoms with Crippen LogP contribution in [-0.2, 0) is 0 Å². The number of rotatable bonds is 6. The first-order valence-electron chi connectivity index (χ1n) is 5.29. The lowest BCUT2D eigenvalue weighted by atomic mass is 10.0. The predicted octanol–water partition coefficient (Wildman–Crippen LogP) is 2.35. The fraction of sp³-hybridized carbons (Fsp3) is 0.636. The molecule has 0 radical (unpaired) electrons. The molecule has 0 aromatic carbocycles. The van der Waals surface area contributed by atoms with Gasteiger partial charge in [-0.05, 0) is 26.3 Å². The SMILES string of the molecule is CCC(C)(C)NCCSc1ncccn1. The van der Waals surface area contributed by atoms with Crippen LogP contribution in [-0.4, -0.2) is 27.8 Å². The Morgan fingerprint density at radius 1 is 1.33 bits per heavy atom. The number of thioether (sulfide) groups is 1. The summed E-state index contributed by atoms with van der Waals surface area (Å²) in [5.41, 5.74) is 0.234. The summed E-state index contributed by atoms with van der Waals surface area (Å²) in [5, 5.41) is 4.36. The van der Waals surface area contributed by atoms with Gasteiger partial charge in [0.05, 0.1) is 0 Å². The van der Waals surface area contributed by atoms with Gasteiger partial charge in [0.2, 0.25) is 0 Å². The van der Waals surface area contributed by atoms with Crippen LogP contribution in [0.2, 0.25) is 0 Å². The lowest BCUT2D eigenvalue weighted by molar-refractivity contribution is 0.388. The smallest absolute Gasteiger partial charge is 0.187 e. The van der Waals surface area contributed by atoms with E-state index in [4.69, 9.17) is 0 Å². The molecule has 0 aliphatic rings. The topological polar surface area (TPSA) is 37.8 Å². The second kappa shape index (κ2) is 6.08. The normalized spacial score (nSPS) is 11.7. The number of nitrogens with zero attached hydrogens (tertiary/aromatic N) is 2. The highest BCUT2D eigenvalue weighted by molar-refractivity contribution is 7.99. The van der Waals surface area contributed by atoms with Crippen LogP contribution >= 0.6 is 11.8 Å². The zero-order valence-electron chi connectivity index (χ0n) is 9.66. The molecule has 0 atom stereocenters. The van der Waals surface area contributed by atoms with E-state index in [2.05, 4.69) is 36.1 Å². The van der Waals surface area contributed by atoms with E-state index in [1.54, 1.807) is 24.2 Å². The van der Waals surface area contributed by atoms with Gasteiger partial charge in [0.1, 0.15) is 0 Å². The number of aromatic nitrogens is 2. The average molecular weight is 225 g/mol. The van der Waals surface area contributed by atoms with E-state index in [1.165, 1.54) is 0 Å². The molecule has 3 nitrogen and oxygen atoms in total. The van der Waals surface area contributed by atoms with Crippen molar-refractivity contribution in [1.82, 2.24) is 15.3 Å². The maximum Gasteiger partial charge on any atom is 0.187 e. The van der Waals surface area contributed by atoms with Crippen molar-refractivity contribution in [1.29, 1.82) is 0 Å². The Kier molecular flexibility index (Phi) is 5.05. The second-order valence-corrected chi connectivity index (χ2v) is 5.11. The lowest BCUT2D eigenvalue weighted by Crippen LogP contribution is -2.39. The Morgan fingerprint density at radius 2 is 2.00 bits per heavy atom. The van der Waals surface area contributed by atoms with Gasteiger partial charge in [-0.15, -0.1) is 0 Å². The third-order valence-corrected chi connectivity index (χ3v) is 3.24. The minimum absolute atomic E-state index is 0.234. The van der Waals surface area contributed by atoms with Crippen LogP contribution < -0.4 is 5.32 Å². The van der Waals surface area contributed by atoms with Crippen molar-refractivity contribution in [2.24, 2.45) is 0 Å². The second-order valence-electron chi connectivity index (χ2n) is 4.04. The molecule has 1 rings (SSSR count). The molecule has 1 aromatic heterocycles. The standard InChI is InChI=1S/C11H19N3S/c1-4-11(2,3)14-8-9-15-10-12-6-5-7-13-10/h5-7,14H,4,8-9H2,1-3H3. The summed E-state index contributed by atoms with van der Waals surface area (Å²) in [6.45, 7) is 7.62. The van der Waals surface area contributed by atoms with Crippen molar-refractivity contribution in [3.8, 4) is 0 Å². The van der Waals surface area contributed by atoms with Gasteiger partial charge >= 0.3 is 0 Å². The molecular weight excluding hydrogens is 206 g/mol. The number of hydrogen-bond donors (Lipinski definition) is 1. The summed E-state index contributed by atoms with van der Waals surface area (Å²) in [6.07, 6.45) is 4.69. The third-order valence-electron chi connectivity index (χ3n) is 2.36. The Morgan fingerprint density at radius 3 is 2.60 bits per heavy atom. The minimum Gasteiger partial charge on any atom is -0.311 e. The molecule has 1 aromatic rings. The zero-order valence-corrected chi connectivity index (χ0v) is 10.5. The van der Waals surface area contributed by atoms with Crippen LogP contribution in [0.1, 0.15) is 27.2 Å². The zero-order chi connectivity index (χ0) is 11.1. The van der Waals surface area contributed by atoms with E-state index in [9.17, 15) is 0 Å². The van der Waals surface area contributed by atoms with Crippen LogP contribution in [0.3, 0.4) is 0 Å². The molecule has 0 fully saturated rings. The Labute approximate surface area is 96.1 Å². The first kappa shape index (κ1) is 12.5. The quantitative estimate of drug-likeness (QED) is 0.458. The summed E-state index contributed by atoms with van der Waals surface area (Å²) < 4.78 is 0. The molecule has 1 heterocycles. The van der Waals surface area contributed by atoms with E-state index < -0.39 is 0 Å². The Balaban J connectivity index is 2.18. The van der Waals surface area contributed by atoms with Crippen LogP contribution in [0.5, 0.6) is 0 Å². The summed E-state index contributed by atoms with van der Waals surface area (Å²) in [6, 6.07) is 1.84. The molecule has 0 spiro atoms. The van der Waals surface area contributed by atoms with Crippen molar-refractivity contribution in [2.45, 2.75) is 37.9 Å². The van der Waals surface area contributed by atoms with Gasteiger partial charge < -0.3 is 5.32 Å². The summed E-state index contributed by atoms with van der Waals surface area (Å²) in [7, 11) is 0. The van der Waals surface area contributed by atoms with Crippen LogP contribution in [0.4, 0.5) is 0 Å². The fourth-order valence-corrected chi connectivity index (χ4v) is 1.67. The molecule has 1 N–H and O–H groups in total. The monoisotopic (exact) mass is 225 g/mol. The Hall–Kier alpha value is -0.610. The molecule has 0 aliphatic heterocycles. The fourth-order valence-electron chi connectivity index (χ4n) is 1.02. The van der Waals surface area contributed by atoms with Crippen molar-refractivity contribution in [3.63, 3.8) is 0 Å². The highest BCUT2D eigenvalue weighted by Gasteiger charge is 2.12. The van der Waals surface area contributed by atoms with E-state index >= 15 is 0 Å². The number of hydrogen-bond acceptors (Lipinski definition) is 4. The summed E-state index contributed by atoms with van der Waals surface area (Å²) in [4.78, 5) is 8.31. The predicted molar refractivity (Wildman–Crippen MR) is 65.1 cm³/mol. The van der Waals surface area contributed by atoms with Crippen molar-refractivity contribution >= 4 is 11.8 Å². The summed E-state index contributed by atoms with van der Waals surface area (Å²) >= 11 is 1.69. The van der Waals surface area contributed by atoms with Crippen molar-refractivity contribution in [2.75, 3.05) is 12.3 Å². The van der Waals surface area contributed by atoms with Crippen molar-refractivity contribution < 1.29 is 0 Å². The van der Waals surface area contributed by atoms with Gasteiger partial charge in [0.25, 0.3) is 0 Å². The maximum absolute atomic E-state index is 4.16. The highest BCUT2D eigenvalue weighted by Crippen LogP contribution is 2.11. The van der Waals surface area contributed by atoms with E-state index in [-0.39, 0.29) is 5.54 Å². The first-order valence-corrected chi connectivity index (χ1v) is 6.27. The average Bonchev–Trinajstić information content (AvgIpc) is 2.26. The van der Waals surface area contributed by atoms with Crippen LogP contribution in [0.25, 0.3) is 0 Å². The molecule has 15 heavy (non-hydrogen) atoms. The molecule has 0 bridgehead atoms. The van der Waals surface area contributed by atoms with Gasteiger partial charge in [-0.3, -0.25) is 0 Å². The number of nitrogens with one attached hydrogen (secondary N) is 1. The lowest BCUT2D eigenvalue weighted by Gasteiger charge is -2.24. The minimum atomic E-state index is 0.234. The van der Waals surface area contributed by atoms with Gasteiger partial charge in [-0.1, -0.05) is 18.7 Å². The van der Waals surface area contributed by atoms with E-state index in [0.717, 1.165) is 23.9 Å². The van der Waals surface area contributed by atoms with Crippen LogP contribution in [0.15, 0.2) is 23.6 Å². The van der Waals surface area contributed by atoms with E-state index in [0.29, 0.717) is 0 Å². The van der Waals surface area contributed by atoms with Gasteiger partial charge in [-0.2, -0.15) is 0 Å².